The van der Waals surface area contributed by atoms with Crippen molar-refractivity contribution in [2.45, 2.75) is 19.8 Å². The van der Waals surface area contributed by atoms with Gasteiger partial charge in [-0.05, 0) is 67.8 Å². The first-order valence-electron chi connectivity index (χ1n) is 13.1. The number of carbonyl (C=O) groups is 2. The van der Waals surface area contributed by atoms with E-state index in [-0.39, 0.29) is 17.6 Å². The van der Waals surface area contributed by atoms with Gasteiger partial charge in [0.05, 0.1) is 11.1 Å². The van der Waals surface area contributed by atoms with Crippen molar-refractivity contribution >= 4 is 40.0 Å². The lowest BCUT2D eigenvalue weighted by Crippen LogP contribution is -2.47. The molecule has 2 aliphatic heterocycles. The van der Waals surface area contributed by atoms with E-state index in [9.17, 15) is 18.2 Å². The molecule has 3 aromatic rings. The number of nitrogens with one attached hydrogen (secondary N) is 2. The van der Waals surface area contributed by atoms with Crippen molar-refractivity contribution < 1.29 is 18.2 Å². The number of anilines is 1. The number of amides is 2. The predicted molar refractivity (Wildman–Crippen MR) is 155 cm³/mol. The summed E-state index contributed by atoms with van der Waals surface area (Å²) < 4.78 is 25.9. The number of carbonyl (C=O) groups excluding carboxylic acids is 2. The first-order chi connectivity index (χ1) is 18.7. The molecular weight excluding hydrogens is 515 g/mol. The molecule has 1 unspecified atom stereocenters. The van der Waals surface area contributed by atoms with E-state index in [1.807, 2.05) is 43.1 Å². The van der Waals surface area contributed by atoms with Crippen molar-refractivity contribution in [3.8, 4) is 11.1 Å². The van der Waals surface area contributed by atoms with Gasteiger partial charge in [-0.15, -0.1) is 0 Å². The molecule has 1 saturated heterocycles. The molecule has 0 radical (unpaired) electrons. The van der Waals surface area contributed by atoms with Crippen LogP contribution in [-0.2, 0) is 22.0 Å². The summed E-state index contributed by atoms with van der Waals surface area (Å²) in [6, 6.07) is 11.9. The summed E-state index contributed by atoms with van der Waals surface area (Å²) >= 11 is 0. The highest BCUT2D eigenvalue weighted by atomic mass is 32.2. The fourth-order valence-corrected chi connectivity index (χ4v) is 5.97. The van der Waals surface area contributed by atoms with Gasteiger partial charge < -0.3 is 20.1 Å². The zero-order chi connectivity index (χ0) is 27.7. The Kier molecular flexibility index (Phi) is 7.81. The minimum atomic E-state index is -0.952. The van der Waals surface area contributed by atoms with Gasteiger partial charge in [-0.3, -0.25) is 13.8 Å². The van der Waals surface area contributed by atoms with Crippen LogP contribution in [0.4, 0.5) is 10.1 Å². The molecule has 0 spiro atoms. The van der Waals surface area contributed by atoms with Gasteiger partial charge in [-0.2, -0.15) is 0 Å². The van der Waals surface area contributed by atoms with E-state index in [1.165, 1.54) is 12.1 Å². The molecule has 2 N–H and O–H groups in total. The zero-order valence-corrected chi connectivity index (χ0v) is 23.3. The third kappa shape index (κ3) is 5.60. The van der Waals surface area contributed by atoms with Crippen molar-refractivity contribution in [3.63, 3.8) is 0 Å². The molecule has 0 bridgehead atoms. The first kappa shape index (κ1) is 27.0. The van der Waals surface area contributed by atoms with E-state index < -0.39 is 10.8 Å². The van der Waals surface area contributed by atoms with Crippen molar-refractivity contribution in [3.05, 3.63) is 76.4 Å². The number of halogens is 1. The lowest BCUT2D eigenvalue weighted by Gasteiger charge is -2.32. The summed E-state index contributed by atoms with van der Waals surface area (Å²) in [5.74, 6) is -0.106. The lowest BCUT2D eigenvalue weighted by molar-refractivity contribution is -0.110. The fourth-order valence-electron chi connectivity index (χ4n) is 5.42. The molecule has 1 fully saturated rings. The molecule has 1 aromatic heterocycles. The third-order valence-electron chi connectivity index (χ3n) is 7.44. The van der Waals surface area contributed by atoms with Crippen LogP contribution in [0.3, 0.4) is 0 Å². The average molecular weight is 549 g/mol. The Labute approximate surface area is 230 Å². The molecule has 39 heavy (non-hydrogen) atoms. The summed E-state index contributed by atoms with van der Waals surface area (Å²) in [4.78, 5) is 34.4. The number of likely N-dealkylation sites (N-methyl/N-ethyl adjacent to an activating group) is 1. The van der Waals surface area contributed by atoms with E-state index in [1.54, 1.807) is 18.4 Å². The van der Waals surface area contributed by atoms with Gasteiger partial charge in [0.25, 0.3) is 11.8 Å². The lowest BCUT2D eigenvalue weighted by atomic mass is 9.93. The topological polar surface area (TPSA) is 85.5 Å². The van der Waals surface area contributed by atoms with E-state index in [2.05, 4.69) is 15.2 Å². The van der Waals surface area contributed by atoms with Gasteiger partial charge >= 0.3 is 0 Å². The van der Waals surface area contributed by atoms with Crippen LogP contribution in [-0.4, -0.2) is 76.0 Å². The van der Waals surface area contributed by atoms with Crippen molar-refractivity contribution in [2.24, 2.45) is 0 Å². The molecule has 9 heteroatoms. The molecule has 5 rings (SSSR count). The summed E-state index contributed by atoms with van der Waals surface area (Å²) in [7, 11) is 1.10. The largest absolute Gasteiger partial charge is 0.358 e. The molecule has 204 valence electrons. The Bertz CT molecular complexity index is 1490. The van der Waals surface area contributed by atoms with Crippen LogP contribution in [0.15, 0.2) is 42.5 Å². The minimum absolute atomic E-state index is 0.0224. The number of aromatic amines is 1. The van der Waals surface area contributed by atoms with Crippen LogP contribution in [0.5, 0.6) is 0 Å². The van der Waals surface area contributed by atoms with Gasteiger partial charge in [0.2, 0.25) is 0 Å². The van der Waals surface area contributed by atoms with Gasteiger partial charge in [-0.1, -0.05) is 24.3 Å². The molecular formula is C30H33FN4O3S. The number of H-pyrrole nitrogens is 1. The second-order valence-corrected chi connectivity index (χ2v) is 11.8. The molecule has 0 aliphatic carbocycles. The molecule has 2 amide bonds. The van der Waals surface area contributed by atoms with Crippen LogP contribution < -0.4 is 5.32 Å². The Balaban J connectivity index is 1.60. The van der Waals surface area contributed by atoms with Crippen LogP contribution in [0, 0.1) is 12.7 Å². The smallest absolute Gasteiger partial charge is 0.256 e. The van der Waals surface area contributed by atoms with Gasteiger partial charge in [-0.25, -0.2) is 4.39 Å². The van der Waals surface area contributed by atoms with E-state index in [4.69, 9.17) is 0 Å². The maximum absolute atomic E-state index is 14.1. The van der Waals surface area contributed by atoms with Crippen LogP contribution >= 0.6 is 0 Å². The predicted octanol–water partition coefficient (Wildman–Crippen LogP) is 4.32. The number of hydrogen-bond acceptors (Lipinski definition) is 4. The molecule has 2 aliphatic rings. The number of piperazine rings is 1. The van der Waals surface area contributed by atoms with Crippen LogP contribution in [0.1, 0.15) is 39.3 Å². The van der Waals surface area contributed by atoms with Gasteiger partial charge in [0.1, 0.15) is 5.82 Å². The third-order valence-corrected chi connectivity index (χ3v) is 8.30. The number of benzene rings is 2. The molecule has 3 heterocycles. The Morgan fingerprint density at radius 2 is 1.87 bits per heavy atom. The fraction of sp³-hybridized carbons (Fsp3) is 0.333. The number of aryl methyl sites for hydroxylation is 1. The van der Waals surface area contributed by atoms with Crippen LogP contribution in [0.2, 0.25) is 0 Å². The SMILES string of the molecule is Cc1[nH]c(/C=C2\C(=O)Nc3cccc(-c4cccc(F)c4)c32)c(CCCS(C)=O)c1C(=O)N1CCN(C)CC1. The average Bonchev–Trinajstić information content (AvgIpc) is 3.39. The normalized spacial score (nSPS) is 17.4. The van der Waals surface area contributed by atoms with E-state index in [0.717, 1.165) is 29.9 Å². The quantitative estimate of drug-likeness (QED) is 0.431. The summed E-state index contributed by atoms with van der Waals surface area (Å²) in [6.45, 7) is 4.82. The Morgan fingerprint density at radius 1 is 1.13 bits per heavy atom. The number of nitrogens with zero attached hydrogens (tertiary/aromatic N) is 2. The molecule has 2 aromatic carbocycles. The molecule has 0 saturated carbocycles. The highest BCUT2D eigenvalue weighted by Gasteiger charge is 2.30. The minimum Gasteiger partial charge on any atom is -0.358 e. The highest BCUT2D eigenvalue weighted by molar-refractivity contribution is 7.84. The summed E-state index contributed by atoms with van der Waals surface area (Å²) in [5, 5.41) is 2.94. The van der Waals surface area contributed by atoms with E-state index >= 15 is 0 Å². The highest BCUT2D eigenvalue weighted by Crippen LogP contribution is 2.41. The second-order valence-electron chi connectivity index (χ2n) is 10.2. The monoisotopic (exact) mass is 548 g/mol. The van der Waals surface area contributed by atoms with Crippen LogP contribution in [0.25, 0.3) is 22.8 Å². The van der Waals surface area contributed by atoms with Gasteiger partial charge in [0, 0.05) is 71.6 Å². The summed E-state index contributed by atoms with van der Waals surface area (Å²) in [6.07, 6.45) is 4.68. The second kappa shape index (κ2) is 11.3. The standard InChI is InChI=1S/C30H33FN4O3S/c1-19-27(30(37)35-14-12-34(2)13-15-35)23(10-6-16-39(3)38)26(32-19)18-24-28-22(20-7-4-8-21(31)17-20)9-5-11-25(28)33-29(24)36/h4-5,7-9,11,17-18,32H,6,10,12-16H2,1-3H3,(H,33,36)/b24-18-. The van der Waals surface area contributed by atoms with Crippen molar-refractivity contribution in [1.29, 1.82) is 0 Å². The van der Waals surface area contributed by atoms with Gasteiger partial charge in [0.15, 0.2) is 0 Å². The maximum Gasteiger partial charge on any atom is 0.256 e. The molecule has 1 atom stereocenters. The van der Waals surface area contributed by atoms with Crippen molar-refractivity contribution in [2.75, 3.05) is 50.6 Å². The Hall–Kier alpha value is -3.56. The molecule has 7 nitrogen and oxygen atoms in total. The van der Waals surface area contributed by atoms with E-state index in [0.29, 0.717) is 65.3 Å². The number of aromatic nitrogens is 1. The zero-order valence-electron chi connectivity index (χ0n) is 22.5. The number of rotatable bonds is 7. The summed E-state index contributed by atoms with van der Waals surface area (Å²) in [5.41, 5.74) is 6.13. The maximum atomic E-state index is 14.1. The first-order valence-corrected chi connectivity index (χ1v) is 14.9. The Morgan fingerprint density at radius 3 is 2.59 bits per heavy atom. The number of fused-ring (bicyclic) bond motifs is 1. The number of hydrogen-bond donors (Lipinski definition) is 2. The van der Waals surface area contributed by atoms with Crippen molar-refractivity contribution in [1.82, 2.24) is 14.8 Å².